The van der Waals surface area contributed by atoms with Gasteiger partial charge in [0.1, 0.15) is 0 Å². The molecule has 0 atom stereocenters. The summed E-state index contributed by atoms with van der Waals surface area (Å²) in [6, 6.07) is 0. The molecule has 0 heterocycles. The van der Waals surface area contributed by atoms with Crippen LogP contribution in [-0.4, -0.2) is 25.2 Å². The molecule has 0 bridgehead atoms. The van der Waals surface area contributed by atoms with E-state index in [1.165, 1.54) is 38.5 Å². The molecule has 0 N–H and O–H groups in total. The quantitative estimate of drug-likeness (QED) is 0.163. The molecule has 0 saturated carbocycles. The van der Waals surface area contributed by atoms with Gasteiger partial charge in [-0.25, -0.2) is 9.59 Å². The second kappa shape index (κ2) is 18.1. The highest BCUT2D eigenvalue weighted by Crippen LogP contribution is 2.22. The first-order chi connectivity index (χ1) is 13.1. The smallest absolute Gasteiger partial charge is 0.334 e. The van der Waals surface area contributed by atoms with Crippen molar-refractivity contribution < 1.29 is 19.1 Å². The zero-order valence-electron chi connectivity index (χ0n) is 18.2. The van der Waals surface area contributed by atoms with Gasteiger partial charge in [-0.1, -0.05) is 71.6 Å². The fourth-order valence-electron chi connectivity index (χ4n) is 3.18. The summed E-state index contributed by atoms with van der Waals surface area (Å²) in [7, 11) is 0. The van der Waals surface area contributed by atoms with Crippen molar-refractivity contribution in [3.05, 3.63) is 11.1 Å². The topological polar surface area (TPSA) is 52.6 Å². The van der Waals surface area contributed by atoms with E-state index in [2.05, 4.69) is 13.8 Å². The highest BCUT2D eigenvalue weighted by atomic mass is 16.5. The molecule has 0 aromatic carbocycles. The van der Waals surface area contributed by atoms with Crippen LogP contribution < -0.4 is 0 Å². The molecular weight excluding hydrogens is 340 g/mol. The van der Waals surface area contributed by atoms with Gasteiger partial charge >= 0.3 is 11.9 Å². The minimum atomic E-state index is -0.351. The van der Waals surface area contributed by atoms with Crippen molar-refractivity contribution in [2.45, 2.75) is 111 Å². The maximum atomic E-state index is 12.5. The first kappa shape index (κ1) is 25.7. The van der Waals surface area contributed by atoms with E-state index in [1.807, 2.05) is 0 Å². The largest absolute Gasteiger partial charge is 0.463 e. The van der Waals surface area contributed by atoms with Crippen LogP contribution in [0.2, 0.25) is 0 Å². The summed E-state index contributed by atoms with van der Waals surface area (Å²) in [5.41, 5.74) is 1.07. The van der Waals surface area contributed by atoms with Gasteiger partial charge in [0.15, 0.2) is 0 Å². The number of unbranched alkanes of at least 4 members (excludes halogenated alkanes) is 9. The van der Waals surface area contributed by atoms with Gasteiger partial charge in [0.25, 0.3) is 0 Å². The Morgan fingerprint density at radius 1 is 0.519 bits per heavy atom. The third kappa shape index (κ3) is 12.6. The molecule has 0 aliphatic heterocycles. The lowest BCUT2D eigenvalue weighted by molar-refractivity contribution is -0.142. The van der Waals surface area contributed by atoms with Crippen LogP contribution in [0.5, 0.6) is 0 Å². The first-order valence-electron chi connectivity index (χ1n) is 11.2. The summed E-state index contributed by atoms with van der Waals surface area (Å²) in [5.74, 6) is -0.698. The van der Waals surface area contributed by atoms with Crippen molar-refractivity contribution in [1.29, 1.82) is 0 Å². The van der Waals surface area contributed by atoms with E-state index in [0.717, 1.165) is 32.1 Å². The first-order valence-corrected chi connectivity index (χ1v) is 11.2. The van der Waals surface area contributed by atoms with Crippen LogP contribution in [0.25, 0.3) is 0 Å². The van der Waals surface area contributed by atoms with E-state index in [1.54, 1.807) is 13.8 Å². The molecule has 0 saturated heterocycles. The van der Waals surface area contributed by atoms with Crippen LogP contribution in [0.4, 0.5) is 0 Å². The van der Waals surface area contributed by atoms with Crippen LogP contribution >= 0.6 is 0 Å². The molecule has 0 aliphatic rings. The number of carbonyl (C=O) groups excluding carboxylic acids is 2. The highest BCUT2D eigenvalue weighted by molar-refractivity contribution is 6.00. The van der Waals surface area contributed by atoms with Crippen molar-refractivity contribution in [2.24, 2.45) is 0 Å². The SMILES string of the molecule is CCCCCCCCCC/C(C(=O)OCC)=C(\CCCCC)C(=O)OCC. The average molecular weight is 383 g/mol. The maximum absolute atomic E-state index is 12.5. The third-order valence-electron chi connectivity index (χ3n) is 4.72. The molecule has 0 radical (unpaired) electrons. The Labute approximate surface area is 167 Å². The molecule has 27 heavy (non-hydrogen) atoms. The molecule has 0 rings (SSSR count). The number of hydrogen-bond acceptors (Lipinski definition) is 4. The maximum Gasteiger partial charge on any atom is 0.334 e. The summed E-state index contributed by atoms with van der Waals surface area (Å²) in [6.07, 6.45) is 13.8. The second-order valence-electron chi connectivity index (χ2n) is 7.08. The Bertz CT molecular complexity index is 426. The fraction of sp³-hybridized carbons (Fsp3) is 0.826. The van der Waals surface area contributed by atoms with Crippen LogP contribution in [0.1, 0.15) is 111 Å². The Hall–Kier alpha value is -1.32. The van der Waals surface area contributed by atoms with Crippen molar-refractivity contribution >= 4 is 11.9 Å². The molecule has 0 unspecified atom stereocenters. The minimum Gasteiger partial charge on any atom is -0.463 e. The standard InChI is InChI=1S/C23H42O4/c1-5-9-11-12-13-14-15-17-19-21(23(25)27-8-4)20(18-16-10-6-2)22(24)26-7-3/h5-19H2,1-4H3/b21-20-. The Morgan fingerprint density at radius 3 is 1.26 bits per heavy atom. The van der Waals surface area contributed by atoms with Gasteiger partial charge in [-0.3, -0.25) is 0 Å². The monoisotopic (exact) mass is 382 g/mol. The van der Waals surface area contributed by atoms with E-state index >= 15 is 0 Å². The number of ether oxygens (including phenoxy) is 2. The lowest BCUT2D eigenvalue weighted by Crippen LogP contribution is -2.17. The van der Waals surface area contributed by atoms with Crippen molar-refractivity contribution in [3.63, 3.8) is 0 Å². The zero-order valence-corrected chi connectivity index (χ0v) is 18.2. The summed E-state index contributed by atoms with van der Waals surface area (Å²) in [6.45, 7) is 8.59. The summed E-state index contributed by atoms with van der Waals surface area (Å²) < 4.78 is 10.5. The van der Waals surface area contributed by atoms with E-state index in [9.17, 15) is 9.59 Å². The molecule has 4 nitrogen and oxygen atoms in total. The van der Waals surface area contributed by atoms with Crippen LogP contribution in [0, 0.1) is 0 Å². The molecule has 0 aromatic rings. The van der Waals surface area contributed by atoms with Crippen LogP contribution in [0.15, 0.2) is 11.1 Å². The van der Waals surface area contributed by atoms with Gasteiger partial charge in [0.2, 0.25) is 0 Å². The van der Waals surface area contributed by atoms with Crippen LogP contribution in [-0.2, 0) is 19.1 Å². The van der Waals surface area contributed by atoms with Gasteiger partial charge in [0, 0.05) is 11.1 Å². The minimum absolute atomic E-state index is 0.323. The molecular formula is C23H42O4. The predicted molar refractivity (Wildman–Crippen MR) is 112 cm³/mol. The Morgan fingerprint density at radius 2 is 0.852 bits per heavy atom. The van der Waals surface area contributed by atoms with Gasteiger partial charge < -0.3 is 9.47 Å². The molecule has 4 heteroatoms. The van der Waals surface area contributed by atoms with Gasteiger partial charge in [-0.15, -0.1) is 0 Å². The van der Waals surface area contributed by atoms with Crippen molar-refractivity contribution in [2.75, 3.05) is 13.2 Å². The summed E-state index contributed by atoms with van der Waals surface area (Å²) >= 11 is 0. The van der Waals surface area contributed by atoms with Crippen molar-refractivity contribution in [3.8, 4) is 0 Å². The van der Waals surface area contributed by atoms with E-state index in [-0.39, 0.29) is 11.9 Å². The molecule has 0 amide bonds. The zero-order chi connectivity index (χ0) is 20.3. The highest BCUT2D eigenvalue weighted by Gasteiger charge is 2.22. The lowest BCUT2D eigenvalue weighted by Gasteiger charge is -2.14. The predicted octanol–water partition coefficient (Wildman–Crippen LogP) is 6.52. The van der Waals surface area contributed by atoms with E-state index < -0.39 is 0 Å². The molecule has 158 valence electrons. The number of hydrogen-bond donors (Lipinski definition) is 0. The lowest BCUT2D eigenvalue weighted by atomic mass is 9.96. The number of rotatable bonds is 17. The third-order valence-corrected chi connectivity index (χ3v) is 4.72. The number of esters is 2. The van der Waals surface area contributed by atoms with Gasteiger partial charge in [-0.2, -0.15) is 0 Å². The number of carbonyl (C=O) groups is 2. The molecule has 0 aromatic heterocycles. The normalized spacial score (nSPS) is 11.9. The molecule has 0 spiro atoms. The van der Waals surface area contributed by atoms with E-state index in [0.29, 0.717) is 37.2 Å². The van der Waals surface area contributed by atoms with Crippen LogP contribution in [0.3, 0.4) is 0 Å². The molecule has 0 aliphatic carbocycles. The Balaban J connectivity index is 4.88. The fourth-order valence-corrected chi connectivity index (χ4v) is 3.18. The summed E-state index contributed by atoms with van der Waals surface area (Å²) in [5, 5.41) is 0. The Kier molecular flexibility index (Phi) is 17.2. The van der Waals surface area contributed by atoms with E-state index in [4.69, 9.17) is 9.47 Å². The van der Waals surface area contributed by atoms with Gasteiger partial charge in [0.05, 0.1) is 13.2 Å². The second-order valence-corrected chi connectivity index (χ2v) is 7.08. The average Bonchev–Trinajstić information content (AvgIpc) is 2.65. The van der Waals surface area contributed by atoms with Crippen molar-refractivity contribution in [1.82, 2.24) is 0 Å². The molecule has 0 fully saturated rings. The van der Waals surface area contributed by atoms with Gasteiger partial charge in [-0.05, 0) is 39.5 Å². The summed E-state index contributed by atoms with van der Waals surface area (Å²) in [4.78, 5) is 24.9.